The van der Waals surface area contributed by atoms with Crippen molar-refractivity contribution >= 4 is 17.5 Å². The van der Waals surface area contributed by atoms with Gasteiger partial charge in [-0.25, -0.2) is 0 Å². The number of carbonyl (C=O) groups excluding carboxylic acids is 1. The molecule has 150 valence electrons. The molecule has 4 rings (SSSR count). The molecule has 1 atom stereocenters. The molecule has 2 aromatic heterocycles. The minimum atomic E-state index is 0.0404. The molecule has 29 heavy (non-hydrogen) atoms. The van der Waals surface area contributed by atoms with Crippen LogP contribution in [0.3, 0.4) is 0 Å². The fraction of sp³-hybridized carbons (Fsp3) is 0.348. The first-order valence-corrected chi connectivity index (χ1v) is 10.4. The van der Waals surface area contributed by atoms with E-state index in [0.29, 0.717) is 12.2 Å². The number of halogens is 1. The van der Waals surface area contributed by atoms with Gasteiger partial charge in [0.1, 0.15) is 5.69 Å². The van der Waals surface area contributed by atoms with Crippen molar-refractivity contribution in [1.29, 1.82) is 0 Å². The van der Waals surface area contributed by atoms with E-state index < -0.39 is 0 Å². The fourth-order valence-corrected chi connectivity index (χ4v) is 4.29. The van der Waals surface area contributed by atoms with Gasteiger partial charge in [-0.1, -0.05) is 29.8 Å². The smallest absolute Gasteiger partial charge is 0.272 e. The lowest BCUT2D eigenvalue weighted by molar-refractivity contribution is 0.0694. The largest absolute Gasteiger partial charge is 0.337 e. The monoisotopic (exact) mass is 408 g/mol. The van der Waals surface area contributed by atoms with Gasteiger partial charge >= 0.3 is 0 Å². The van der Waals surface area contributed by atoms with E-state index in [-0.39, 0.29) is 11.8 Å². The first-order valence-electron chi connectivity index (χ1n) is 9.99. The quantitative estimate of drug-likeness (QED) is 0.643. The second kappa shape index (κ2) is 8.37. The number of carbonyl (C=O) groups is 1. The summed E-state index contributed by atoms with van der Waals surface area (Å²) in [6.45, 7) is 3.49. The lowest BCUT2D eigenvalue weighted by atomic mass is 9.92. The molecule has 0 aliphatic carbocycles. The molecule has 1 amide bonds. The minimum absolute atomic E-state index is 0.0404. The van der Waals surface area contributed by atoms with Gasteiger partial charge in [0.15, 0.2) is 0 Å². The lowest BCUT2D eigenvalue weighted by Gasteiger charge is -2.32. The Kier molecular flexibility index (Phi) is 5.67. The van der Waals surface area contributed by atoms with Crippen LogP contribution >= 0.6 is 11.6 Å². The Morgan fingerprint density at radius 3 is 2.83 bits per heavy atom. The van der Waals surface area contributed by atoms with Gasteiger partial charge in [-0.2, -0.15) is 5.10 Å². The van der Waals surface area contributed by atoms with Crippen molar-refractivity contribution in [2.24, 2.45) is 7.05 Å². The van der Waals surface area contributed by atoms with Crippen LogP contribution in [0, 0.1) is 6.92 Å². The molecule has 0 spiro atoms. The van der Waals surface area contributed by atoms with Crippen LogP contribution in [-0.2, 0) is 13.5 Å². The zero-order valence-electron chi connectivity index (χ0n) is 16.8. The number of rotatable bonds is 4. The standard InChI is InChI=1S/C23H25ClN4O/c1-16-12-17(13-18-6-3-4-8-20(18)24)14-21(26-16)19-7-5-11-28(15-19)23(29)22-9-10-25-27(22)2/h3-4,6,8-10,12,14,19H,5,7,11,13,15H2,1-2H3/t19-/m0/s1. The zero-order valence-corrected chi connectivity index (χ0v) is 17.6. The van der Waals surface area contributed by atoms with E-state index in [1.165, 1.54) is 5.56 Å². The summed E-state index contributed by atoms with van der Waals surface area (Å²) in [5.41, 5.74) is 5.01. The van der Waals surface area contributed by atoms with Crippen LogP contribution in [0.15, 0.2) is 48.7 Å². The lowest BCUT2D eigenvalue weighted by Crippen LogP contribution is -2.40. The molecule has 6 heteroatoms. The van der Waals surface area contributed by atoms with Gasteiger partial charge in [-0.15, -0.1) is 0 Å². The Bertz CT molecular complexity index is 1030. The highest BCUT2D eigenvalue weighted by Crippen LogP contribution is 2.28. The molecule has 1 fully saturated rings. The van der Waals surface area contributed by atoms with Crippen molar-refractivity contribution in [2.75, 3.05) is 13.1 Å². The third-order valence-corrected chi connectivity index (χ3v) is 5.92. The number of nitrogens with zero attached hydrogens (tertiary/aromatic N) is 4. The molecule has 1 aliphatic rings. The summed E-state index contributed by atoms with van der Waals surface area (Å²) in [5, 5.41) is 4.91. The van der Waals surface area contributed by atoms with Gasteiger partial charge < -0.3 is 4.90 Å². The van der Waals surface area contributed by atoms with Gasteiger partial charge in [-0.3, -0.25) is 14.5 Å². The van der Waals surface area contributed by atoms with Gasteiger partial charge in [0, 0.05) is 48.7 Å². The second-order valence-corrected chi connectivity index (χ2v) is 8.15. The van der Waals surface area contributed by atoms with Crippen LogP contribution in [0.1, 0.15) is 51.8 Å². The third kappa shape index (κ3) is 4.35. The number of amides is 1. The van der Waals surface area contributed by atoms with Gasteiger partial charge in [0.25, 0.3) is 5.91 Å². The van der Waals surface area contributed by atoms with Crippen molar-refractivity contribution in [1.82, 2.24) is 19.7 Å². The van der Waals surface area contributed by atoms with E-state index in [1.54, 1.807) is 24.0 Å². The van der Waals surface area contributed by atoms with Crippen molar-refractivity contribution in [3.05, 3.63) is 81.9 Å². The molecule has 3 heterocycles. The number of piperidine rings is 1. The van der Waals surface area contributed by atoms with Gasteiger partial charge in [0.05, 0.1) is 0 Å². The van der Waals surface area contributed by atoms with Crippen molar-refractivity contribution in [2.45, 2.75) is 32.1 Å². The maximum Gasteiger partial charge on any atom is 0.272 e. The van der Waals surface area contributed by atoms with Crippen LogP contribution < -0.4 is 0 Å². The summed E-state index contributed by atoms with van der Waals surface area (Å²) in [6, 6.07) is 14.0. The van der Waals surface area contributed by atoms with Gasteiger partial charge in [0.2, 0.25) is 0 Å². The van der Waals surface area contributed by atoms with Crippen LogP contribution in [0.5, 0.6) is 0 Å². The van der Waals surface area contributed by atoms with Crippen molar-refractivity contribution in [3.63, 3.8) is 0 Å². The number of benzene rings is 1. The first kappa shape index (κ1) is 19.6. The average Bonchev–Trinajstić information content (AvgIpc) is 3.15. The number of hydrogen-bond acceptors (Lipinski definition) is 3. The number of aromatic nitrogens is 3. The molecular weight excluding hydrogens is 384 g/mol. The van der Waals surface area contributed by atoms with E-state index in [0.717, 1.165) is 47.8 Å². The Morgan fingerprint density at radius 1 is 1.24 bits per heavy atom. The second-order valence-electron chi connectivity index (χ2n) is 7.74. The molecule has 3 aromatic rings. The first-order chi connectivity index (χ1) is 14.0. The summed E-state index contributed by atoms with van der Waals surface area (Å²) in [7, 11) is 1.80. The van der Waals surface area contributed by atoms with Crippen molar-refractivity contribution < 1.29 is 4.79 Å². The highest BCUT2D eigenvalue weighted by Gasteiger charge is 2.27. The summed E-state index contributed by atoms with van der Waals surface area (Å²) >= 11 is 6.35. The molecular formula is C23H25ClN4O. The van der Waals surface area contributed by atoms with E-state index in [2.05, 4.69) is 23.3 Å². The van der Waals surface area contributed by atoms with Crippen LogP contribution in [0.25, 0.3) is 0 Å². The molecule has 0 saturated carbocycles. The Morgan fingerprint density at radius 2 is 2.07 bits per heavy atom. The summed E-state index contributed by atoms with van der Waals surface area (Å²) in [5.74, 6) is 0.282. The molecule has 0 unspecified atom stereocenters. The fourth-order valence-electron chi connectivity index (χ4n) is 4.09. The molecule has 0 bridgehead atoms. The van der Waals surface area contributed by atoms with E-state index in [1.807, 2.05) is 30.0 Å². The number of aryl methyl sites for hydroxylation is 2. The highest BCUT2D eigenvalue weighted by atomic mass is 35.5. The van der Waals surface area contributed by atoms with E-state index in [9.17, 15) is 4.79 Å². The third-order valence-electron chi connectivity index (χ3n) is 5.55. The van der Waals surface area contributed by atoms with E-state index >= 15 is 0 Å². The predicted molar refractivity (Wildman–Crippen MR) is 114 cm³/mol. The molecule has 0 radical (unpaired) electrons. The zero-order chi connectivity index (χ0) is 20.4. The molecule has 1 saturated heterocycles. The predicted octanol–water partition coefficient (Wildman–Crippen LogP) is 4.39. The van der Waals surface area contributed by atoms with E-state index in [4.69, 9.17) is 16.6 Å². The summed E-state index contributed by atoms with van der Waals surface area (Å²) < 4.78 is 1.64. The number of likely N-dealkylation sites (tertiary alicyclic amines) is 1. The Balaban J connectivity index is 1.54. The molecule has 1 aliphatic heterocycles. The Labute approximate surface area is 176 Å². The highest BCUT2D eigenvalue weighted by molar-refractivity contribution is 6.31. The average molecular weight is 409 g/mol. The number of pyridine rings is 1. The topological polar surface area (TPSA) is 51.0 Å². The molecule has 5 nitrogen and oxygen atoms in total. The van der Waals surface area contributed by atoms with Crippen LogP contribution in [0.4, 0.5) is 0 Å². The van der Waals surface area contributed by atoms with Gasteiger partial charge in [-0.05, 0) is 61.6 Å². The molecule has 0 N–H and O–H groups in total. The van der Waals surface area contributed by atoms with Crippen LogP contribution in [-0.4, -0.2) is 38.7 Å². The SMILES string of the molecule is Cc1cc(Cc2ccccc2Cl)cc([C@H]2CCCN(C(=O)c3ccnn3C)C2)n1. The number of hydrogen-bond donors (Lipinski definition) is 0. The van der Waals surface area contributed by atoms with Crippen molar-refractivity contribution in [3.8, 4) is 0 Å². The van der Waals surface area contributed by atoms with Crippen LogP contribution in [0.2, 0.25) is 5.02 Å². The minimum Gasteiger partial charge on any atom is -0.337 e. The maximum atomic E-state index is 12.9. The summed E-state index contributed by atoms with van der Waals surface area (Å²) in [6.07, 6.45) is 4.46. The normalized spacial score (nSPS) is 16.8. The summed E-state index contributed by atoms with van der Waals surface area (Å²) in [4.78, 5) is 19.6. The molecule has 1 aromatic carbocycles. The Hall–Kier alpha value is -2.66. The maximum absolute atomic E-state index is 12.9.